The lowest BCUT2D eigenvalue weighted by Crippen LogP contribution is -2.59. The van der Waals surface area contributed by atoms with Gasteiger partial charge in [0.1, 0.15) is 6.61 Å². The van der Waals surface area contributed by atoms with Crippen molar-refractivity contribution in [2.75, 3.05) is 39.9 Å². The maximum absolute atomic E-state index is 5.89. The fourth-order valence-electron chi connectivity index (χ4n) is 3.64. The molecule has 4 heteroatoms. The molecule has 1 aliphatic carbocycles. The maximum Gasteiger partial charge on any atom is 0.161 e. The average molecular weight is 290 g/mol. The van der Waals surface area contributed by atoms with Crippen molar-refractivity contribution in [3.05, 3.63) is 24.3 Å². The molecule has 0 bridgehead atoms. The van der Waals surface area contributed by atoms with Crippen LogP contribution in [-0.2, 0) is 0 Å². The summed E-state index contributed by atoms with van der Waals surface area (Å²) < 4.78 is 11.2. The van der Waals surface area contributed by atoms with E-state index in [0.717, 1.165) is 37.7 Å². The summed E-state index contributed by atoms with van der Waals surface area (Å²) in [5, 5.41) is 3.75. The highest BCUT2D eigenvalue weighted by Crippen LogP contribution is 2.32. The molecule has 0 aromatic heterocycles. The van der Waals surface area contributed by atoms with Gasteiger partial charge in [0.05, 0.1) is 7.11 Å². The average Bonchev–Trinajstić information content (AvgIpc) is 2.95. The Kier molecular flexibility index (Phi) is 4.66. The van der Waals surface area contributed by atoms with E-state index in [0.29, 0.717) is 5.54 Å². The second-order valence-electron chi connectivity index (χ2n) is 6.19. The highest BCUT2D eigenvalue weighted by atomic mass is 16.5. The highest BCUT2D eigenvalue weighted by molar-refractivity contribution is 5.39. The van der Waals surface area contributed by atoms with Crippen LogP contribution in [0.4, 0.5) is 0 Å². The second-order valence-corrected chi connectivity index (χ2v) is 6.19. The number of benzene rings is 1. The van der Waals surface area contributed by atoms with Gasteiger partial charge in [-0.25, -0.2) is 0 Å². The van der Waals surface area contributed by atoms with E-state index in [1.165, 1.54) is 32.2 Å². The predicted molar refractivity (Wildman–Crippen MR) is 84.1 cm³/mol. The summed E-state index contributed by atoms with van der Waals surface area (Å²) in [7, 11) is 1.68. The Morgan fingerprint density at radius 1 is 1.19 bits per heavy atom. The Bertz CT molecular complexity index is 458. The quantitative estimate of drug-likeness (QED) is 0.902. The van der Waals surface area contributed by atoms with Gasteiger partial charge in [-0.05, 0) is 25.0 Å². The molecule has 116 valence electrons. The van der Waals surface area contributed by atoms with Gasteiger partial charge in [-0.1, -0.05) is 25.0 Å². The first-order valence-corrected chi connectivity index (χ1v) is 8.05. The molecule has 1 saturated carbocycles. The minimum Gasteiger partial charge on any atom is -0.493 e. The topological polar surface area (TPSA) is 33.7 Å². The molecule has 21 heavy (non-hydrogen) atoms. The maximum atomic E-state index is 5.89. The molecule has 0 unspecified atom stereocenters. The first-order chi connectivity index (χ1) is 10.3. The van der Waals surface area contributed by atoms with Crippen LogP contribution in [0.15, 0.2) is 24.3 Å². The van der Waals surface area contributed by atoms with Gasteiger partial charge >= 0.3 is 0 Å². The van der Waals surface area contributed by atoms with Crippen molar-refractivity contribution in [3.63, 3.8) is 0 Å². The van der Waals surface area contributed by atoms with Gasteiger partial charge in [0.25, 0.3) is 0 Å². The summed E-state index contributed by atoms with van der Waals surface area (Å²) in [6, 6.07) is 7.85. The Hall–Kier alpha value is -1.26. The third-order valence-electron chi connectivity index (χ3n) is 4.75. The highest BCUT2D eigenvalue weighted by Gasteiger charge is 2.37. The fraction of sp³-hybridized carbons (Fsp3) is 0.647. The van der Waals surface area contributed by atoms with Gasteiger partial charge in [0, 0.05) is 31.7 Å². The molecule has 3 rings (SSSR count). The Morgan fingerprint density at radius 3 is 2.71 bits per heavy atom. The van der Waals surface area contributed by atoms with Gasteiger partial charge < -0.3 is 14.8 Å². The lowest BCUT2D eigenvalue weighted by Gasteiger charge is -2.41. The molecule has 1 aromatic carbocycles. The molecule has 0 radical (unpaired) electrons. The van der Waals surface area contributed by atoms with Crippen LogP contribution in [0.3, 0.4) is 0 Å². The van der Waals surface area contributed by atoms with Gasteiger partial charge in [0.15, 0.2) is 11.5 Å². The number of hydrogen-bond acceptors (Lipinski definition) is 4. The molecule has 1 N–H and O–H groups in total. The molecular weight excluding hydrogens is 264 g/mol. The van der Waals surface area contributed by atoms with Crippen LogP contribution < -0.4 is 14.8 Å². The molecule has 1 aliphatic heterocycles. The van der Waals surface area contributed by atoms with E-state index in [2.05, 4.69) is 10.2 Å². The third-order valence-corrected chi connectivity index (χ3v) is 4.75. The summed E-state index contributed by atoms with van der Waals surface area (Å²) in [5.74, 6) is 1.65. The Labute approximate surface area is 127 Å². The molecular formula is C17H26N2O2. The molecule has 1 heterocycles. The van der Waals surface area contributed by atoms with Crippen LogP contribution in [0.25, 0.3) is 0 Å². The number of nitrogens with zero attached hydrogens (tertiary/aromatic N) is 1. The normalized spacial score (nSPS) is 21.6. The summed E-state index contributed by atoms with van der Waals surface area (Å²) >= 11 is 0. The van der Waals surface area contributed by atoms with Crippen LogP contribution >= 0.6 is 0 Å². The molecule has 1 aromatic rings. The van der Waals surface area contributed by atoms with E-state index in [1.807, 2.05) is 24.3 Å². The lowest BCUT2D eigenvalue weighted by atomic mass is 9.94. The van der Waals surface area contributed by atoms with E-state index in [1.54, 1.807) is 7.11 Å². The van der Waals surface area contributed by atoms with Gasteiger partial charge in [-0.2, -0.15) is 0 Å². The molecule has 2 fully saturated rings. The van der Waals surface area contributed by atoms with Crippen LogP contribution in [0.1, 0.15) is 25.7 Å². The van der Waals surface area contributed by atoms with E-state index in [9.17, 15) is 0 Å². The molecule has 0 atom stereocenters. The zero-order valence-corrected chi connectivity index (χ0v) is 12.9. The molecule has 4 nitrogen and oxygen atoms in total. The summed E-state index contributed by atoms with van der Waals surface area (Å²) in [5.41, 5.74) is 0.392. The van der Waals surface area contributed by atoms with Crippen molar-refractivity contribution < 1.29 is 9.47 Å². The van der Waals surface area contributed by atoms with E-state index >= 15 is 0 Å². The monoisotopic (exact) mass is 290 g/mol. The summed E-state index contributed by atoms with van der Waals surface area (Å²) in [6.45, 7) is 5.10. The Morgan fingerprint density at radius 2 is 1.95 bits per heavy atom. The molecule has 1 saturated heterocycles. The first kappa shape index (κ1) is 14.7. The van der Waals surface area contributed by atoms with Crippen molar-refractivity contribution in [2.24, 2.45) is 0 Å². The van der Waals surface area contributed by atoms with Gasteiger partial charge in [-0.15, -0.1) is 0 Å². The minimum absolute atomic E-state index is 0.392. The lowest BCUT2D eigenvalue weighted by molar-refractivity contribution is 0.116. The standard InChI is InChI=1S/C17H26N2O2/c1-20-15-6-2-3-7-16(15)21-13-12-19-11-10-18-17(14-19)8-4-5-9-17/h2-3,6-7,18H,4-5,8-14H2,1H3. The van der Waals surface area contributed by atoms with Crippen molar-refractivity contribution in [2.45, 2.75) is 31.2 Å². The number of ether oxygens (including phenoxy) is 2. The number of methoxy groups -OCH3 is 1. The smallest absolute Gasteiger partial charge is 0.161 e. The number of para-hydroxylation sites is 2. The molecule has 0 amide bonds. The number of hydrogen-bond donors (Lipinski definition) is 1. The van der Waals surface area contributed by atoms with Crippen LogP contribution in [0.2, 0.25) is 0 Å². The number of rotatable bonds is 5. The van der Waals surface area contributed by atoms with Crippen LogP contribution in [-0.4, -0.2) is 50.3 Å². The zero-order valence-electron chi connectivity index (χ0n) is 12.9. The molecule has 2 aliphatic rings. The van der Waals surface area contributed by atoms with E-state index < -0.39 is 0 Å². The summed E-state index contributed by atoms with van der Waals surface area (Å²) in [4.78, 5) is 2.54. The van der Waals surface area contributed by atoms with Crippen LogP contribution in [0, 0.1) is 0 Å². The van der Waals surface area contributed by atoms with Crippen LogP contribution in [0.5, 0.6) is 11.5 Å². The van der Waals surface area contributed by atoms with Crippen molar-refractivity contribution in [1.29, 1.82) is 0 Å². The van der Waals surface area contributed by atoms with Crippen molar-refractivity contribution in [1.82, 2.24) is 10.2 Å². The van der Waals surface area contributed by atoms with Crippen molar-refractivity contribution >= 4 is 0 Å². The third kappa shape index (κ3) is 3.50. The first-order valence-electron chi connectivity index (χ1n) is 8.05. The van der Waals surface area contributed by atoms with Crippen molar-refractivity contribution in [3.8, 4) is 11.5 Å². The summed E-state index contributed by atoms with van der Waals surface area (Å²) in [6.07, 6.45) is 5.41. The Balaban J connectivity index is 1.49. The largest absolute Gasteiger partial charge is 0.493 e. The number of piperazine rings is 1. The SMILES string of the molecule is COc1ccccc1OCCN1CCNC2(CCCC2)C1. The van der Waals surface area contributed by atoms with E-state index in [4.69, 9.17) is 9.47 Å². The zero-order chi connectivity index (χ0) is 14.5. The van der Waals surface area contributed by atoms with Gasteiger partial charge in [-0.3, -0.25) is 4.90 Å². The fourth-order valence-corrected chi connectivity index (χ4v) is 3.64. The number of nitrogens with one attached hydrogen (secondary N) is 1. The minimum atomic E-state index is 0.392. The molecule has 1 spiro atoms. The van der Waals surface area contributed by atoms with Gasteiger partial charge in [0.2, 0.25) is 0 Å². The van der Waals surface area contributed by atoms with E-state index in [-0.39, 0.29) is 0 Å². The second kappa shape index (κ2) is 6.67. The predicted octanol–water partition coefficient (Wildman–Crippen LogP) is 2.29.